The van der Waals surface area contributed by atoms with E-state index >= 15 is 0 Å². The average molecular weight is 343 g/mol. The maximum Gasteiger partial charge on any atom is 0.338 e. The van der Waals surface area contributed by atoms with Gasteiger partial charge in [-0.3, -0.25) is 14.9 Å². The van der Waals surface area contributed by atoms with Gasteiger partial charge in [0.25, 0.3) is 11.6 Å². The van der Waals surface area contributed by atoms with Crippen molar-refractivity contribution < 1.29 is 19.2 Å². The highest BCUT2D eigenvalue weighted by Gasteiger charge is 2.20. The summed E-state index contributed by atoms with van der Waals surface area (Å²) in [6.07, 6.45) is 0. The maximum atomic E-state index is 12.0. The number of hydrogen-bond acceptors (Lipinski definition) is 6. The van der Waals surface area contributed by atoms with Gasteiger partial charge in [-0.25, -0.2) is 4.79 Å². The molecule has 1 amide bonds. The fraction of sp³-hybridized carbons (Fsp3) is 0.176. The number of aryl methyl sites for hydroxylation is 1. The van der Waals surface area contributed by atoms with Gasteiger partial charge in [0.05, 0.1) is 10.5 Å². The first-order valence-corrected chi connectivity index (χ1v) is 7.36. The molecule has 0 saturated heterocycles. The molecule has 8 heteroatoms. The lowest BCUT2D eigenvalue weighted by molar-refractivity contribution is -0.384. The van der Waals surface area contributed by atoms with Gasteiger partial charge in [0.2, 0.25) is 0 Å². The number of carbonyl (C=O) groups excluding carboxylic acids is 2. The summed E-state index contributed by atoms with van der Waals surface area (Å²) in [4.78, 5) is 34.4. The number of anilines is 2. The topological polar surface area (TPSA) is 125 Å². The van der Waals surface area contributed by atoms with Crippen molar-refractivity contribution in [3.8, 4) is 0 Å². The summed E-state index contributed by atoms with van der Waals surface area (Å²) >= 11 is 0. The number of carbonyl (C=O) groups is 2. The molecule has 0 bridgehead atoms. The van der Waals surface area contributed by atoms with Crippen molar-refractivity contribution in [3.05, 3.63) is 63.2 Å². The molecule has 0 fully saturated rings. The van der Waals surface area contributed by atoms with Crippen molar-refractivity contribution in [2.75, 3.05) is 17.7 Å². The number of nitro benzene ring substituents is 1. The van der Waals surface area contributed by atoms with E-state index in [0.717, 1.165) is 5.56 Å². The van der Waals surface area contributed by atoms with E-state index in [0.29, 0.717) is 11.3 Å². The molecule has 0 spiro atoms. The Morgan fingerprint density at radius 2 is 1.80 bits per heavy atom. The SMILES string of the molecule is Cc1ccc([N+](=O)[O-])c(NC(=O)COC(=O)c2ccc(N)cc2)c1C. The Bertz CT molecular complexity index is 831. The zero-order chi connectivity index (χ0) is 18.6. The second-order valence-electron chi connectivity index (χ2n) is 5.41. The first-order chi connectivity index (χ1) is 11.8. The number of esters is 1. The number of rotatable bonds is 5. The van der Waals surface area contributed by atoms with E-state index in [9.17, 15) is 19.7 Å². The fourth-order valence-electron chi connectivity index (χ4n) is 2.12. The largest absolute Gasteiger partial charge is 0.452 e. The third kappa shape index (κ3) is 4.31. The summed E-state index contributed by atoms with van der Waals surface area (Å²) in [5, 5.41) is 13.5. The molecule has 0 heterocycles. The van der Waals surface area contributed by atoms with Crippen LogP contribution >= 0.6 is 0 Å². The third-order valence-electron chi connectivity index (χ3n) is 3.66. The lowest BCUT2D eigenvalue weighted by Gasteiger charge is -2.11. The number of nitrogen functional groups attached to an aromatic ring is 1. The van der Waals surface area contributed by atoms with Crippen LogP contribution in [0.25, 0.3) is 0 Å². The zero-order valence-electron chi connectivity index (χ0n) is 13.7. The molecule has 2 aromatic carbocycles. The Morgan fingerprint density at radius 1 is 1.16 bits per heavy atom. The molecular weight excluding hydrogens is 326 g/mol. The van der Waals surface area contributed by atoms with Crippen LogP contribution in [0.5, 0.6) is 0 Å². The number of nitrogens with zero attached hydrogens (tertiary/aromatic N) is 1. The highest BCUT2D eigenvalue weighted by Crippen LogP contribution is 2.30. The summed E-state index contributed by atoms with van der Waals surface area (Å²) in [7, 11) is 0. The molecule has 3 N–H and O–H groups in total. The first kappa shape index (κ1) is 17.9. The number of benzene rings is 2. The number of hydrogen-bond donors (Lipinski definition) is 2. The summed E-state index contributed by atoms with van der Waals surface area (Å²) in [5.41, 5.74) is 7.52. The minimum absolute atomic E-state index is 0.0959. The normalized spacial score (nSPS) is 10.2. The first-order valence-electron chi connectivity index (χ1n) is 7.36. The molecule has 0 aromatic heterocycles. The Morgan fingerprint density at radius 3 is 2.40 bits per heavy atom. The molecule has 0 saturated carbocycles. The van der Waals surface area contributed by atoms with E-state index < -0.39 is 23.4 Å². The molecular formula is C17H17N3O5. The molecule has 0 atom stereocenters. The van der Waals surface area contributed by atoms with E-state index in [1.165, 1.54) is 30.3 Å². The van der Waals surface area contributed by atoms with Crippen molar-refractivity contribution >= 4 is 28.9 Å². The molecule has 0 aliphatic heterocycles. The minimum Gasteiger partial charge on any atom is -0.452 e. The van der Waals surface area contributed by atoms with Crippen LogP contribution < -0.4 is 11.1 Å². The van der Waals surface area contributed by atoms with Gasteiger partial charge >= 0.3 is 5.97 Å². The predicted octanol–water partition coefficient (Wildman–Crippen LogP) is 2.59. The molecule has 0 unspecified atom stereocenters. The molecule has 130 valence electrons. The van der Waals surface area contributed by atoms with Crippen LogP contribution in [0, 0.1) is 24.0 Å². The highest BCUT2D eigenvalue weighted by atomic mass is 16.6. The summed E-state index contributed by atoms with van der Waals surface area (Å²) < 4.78 is 4.91. The number of nitrogens with one attached hydrogen (secondary N) is 1. The highest BCUT2D eigenvalue weighted by molar-refractivity contribution is 5.97. The zero-order valence-corrected chi connectivity index (χ0v) is 13.7. The maximum absolute atomic E-state index is 12.0. The second kappa shape index (κ2) is 7.43. The van der Waals surface area contributed by atoms with E-state index in [4.69, 9.17) is 10.5 Å². The van der Waals surface area contributed by atoms with Gasteiger partial charge in [0.1, 0.15) is 5.69 Å². The smallest absolute Gasteiger partial charge is 0.338 e. The van der Waals surface area contributed by atoms with Gasteiger partial charge in [-0.1, -0.05) is 6.07 Å². The van der Waals surface area contributed by atoms with Crippen LogP contribution in [-0.2, 0) is 9.53 Å². The van der Waals surface area contributed by atoms with Gasteiger partial charge in [-0.2, -0.15) is 0 Å². The van der Waals surface area contributed by atoms with Crippen molar-refractivity contribution in [2.45, 2.75) is 13.8 Å². The number of amides is 1. The molecule has 0 aliphatic rings. The molecule has 2 rings (SSSR count). The van der Waals surface area contributed by atoms with E-state index in [1.807, 2.05) is 0 Å². The Hall–Kier alpha value is -3.42. The standard InChI is InChI=1S/C17H17N3O5/c1-10-3-8-14(20(23)24)16(11(10)2)19-15(21)9-25-17(22)12-4-6-13(18)7-5-12/h3-8H,9,18H2,1-2H3,(H,19,21). The van der Waals surface area contributed by atoms with Crippen LogP contribution in [0.3, 0.4) is 0 Å². The lowest BCUT2D eigenvalue weighted by Crippen LogP contribution is -2.22. The van der Waals surface area contributed by atoms with Crippen molar-refractivity contribution in [1.29, 1.82) is 0 Å². The Balaban J connectivity index is 2.06. The lowest BCUT2D eigenvalue weighted by atomic mass is 10.1. The van der Waals surface area contributed by atoms with E-state index in [1.54, 1.807) is 19.9 Å². The molecule has 8 nitrogen and oxygen atoms in total. The van der Waals surface area contributed by atoms with Crippen LogP contribution in [0.2, 0.25) is 0 Å². The van der Waals surface area contributed by atoms with Crippen molar-refractivity contribution in [1.82, 2.24) is 0 Å². The fourth-order valence-corrected chi connectivity index (χ4v) is 2.12. The second-order valence-corrected chi connectivity index (χ2v) is 5.41. The van der Waals surface area contributed by atoms with Gasteiger partial charge in [0, 0.05) is 11.8 Å². The molecule has 0 radical (unpaired) electrons. The predicted molar refractivity (Wildman–Crippen MR) is 92.3 cm³/mol. The van der Waals surface area contributed by atoms with Gasteiger partial charge in [-0.05, 0) is 49.2 Å². The van der Waals surface area contributed by atoms with Crippen molar-refractivity contribution in [3.63, 3.8) is 0 Å². The molecule has 0 aliphatic carbocycles. The minimum atomic E-state index is -0.689. The Kier molecular flexibility index (Phi) is 5.33. The van der Waals surface area contributed by atoms with E-state index in [2.05, 4.69) is 5.32 Å². The Labute approximate surface area is 143 Å². The summed E-state index contributed by atoms with van der Waals surface area (Å²) in [5.74, 6) is -1.36. The van der Waals surface area contributed by atoms with E-state index in [-0.39, 0.29) is 16.9 Å². The van der Waals surface area contributed by atoms with Gasteiger partial charge in [0.15, 0.2) is 6.61 Å². The van der Waals surface area contributed by atoms with Crippen LogP contribution in [0.1, 0.15) is 21.5 Å². The monoisotopic (exact) mass is 343 g/mol. The number of ether oxygens (including phenoxy) is 1. The summed E-state index contributed by atoms with van der Waals surface area (Å²) in [6, 6.07) is 8.95. The van der Waals surface area contributed by atoms with Gasteiger partial charge in [-0.15, -0.1) is 0 Å². The van der Waals surface area contributed by atoms with Gasteiger partial charge < -0.3 is 15.8 Å². The van der Waals surface area contributed by atoms with Crippen molar-refractivity contribution in [2.24, 2.45) is 0 Å². The molecule has 25 heavy (non-hydrogen) atoms. The van der Waals surface area contributed by atoms with Crippen LogP contribution in [0.4, 0.5) is 17.1 Å². The van der Waals surface area contributed by atoms with Crippen LogP contribution in [0.15, 0.2) is 36.4 Å². The molecule has 2 aromatic rings. The third-order valence-corrected chi connectivity index (χ3v) is 3.66. The quantitative estimate of drug-likeness (QED) is 0.372. The number of nitrogens with two attached hydrogens (primary N) is 1. The summed E-state index contributed by atoms with van der Waals surface area (Å²) in [6.45, 7) is 2.88. The van der Waals surface area contributed by atoms with Crippen LogP contribution in [-0.4, -0.2) is 23.4 Å². The number of nitro groups is 1. The average Bonchev–Trinajstić information content (AvgIpc) is 2.57.